The predicted molar refractivity (Wildman–Crippen MR) is 56.6 cm³/mol. The van der Waals surface area contributed by atoms with Crippen LogP contribution in [0.15, 0.2) is 6.20 Å². The van der Waals surface area contributed by atoms with Crippen LogP contribution < -0.4 is 4.74 Å². The van der Waals surface area contributed by atoms with E-state index in [9.17, 15) is 0 Å². The van der Waals surface area contributed by atoms with Crippen molar-refractivity contribution in [3.63, 3.8) is 0 Å². The molecule has 4 nitrogen and oxygen atoms in total. The van der Waals surface area contributed by atoms with Crippen LogP contribution in [-0.4, -0.2) is 16.6 Å². The normalized spacial score (nSPS) is 10.9. The molecule has 0 amide bonds. The second kappa shape index (κ2) is 4.26. The van der Waals surface area contributed by atoms with Gasteiger partial charge in [-0.05, 0) is 6.92 Å². The molecule has 0 aromatic carbocycles. The lowest BCUT2D eigenvalue weighted by molar-refractivity contribution is 0.321. The van der Waals surface area contributed by atoms with E-state index >= 15 is 0 Å². The van der Waals surface area contributed by atoms with Crippen molar-refractivity contribution in [2.24, 2.45) is 0 Å². The van der Waals surface area contributed by atoms with Crippen LogP contribution in [0.3, 0.4) is 0 Å². The van der Waals surface area contributed by atoms with Crippen molar-refractivity contribution in [2.75, 3.05) is 6.61 Å². The number of aromatic nitrogens is 2. The highest BCUT2D eigenvalue weighted by Crippen LogP contribution is 2.22. The molecular formula is C11H15N3O. The van der Waals surface area contributed by atoms with E-state index in [0.29, 0.717) is 23.9 Å². The van der Waals surface area contributed by atoms with Crippen LogP contribution in [-0.2, 0) is 5.41 Å². The Hall–Kier alpha value is -1.63. The van der Waals surface area contributed by atoms with Gasteiger partial charge in [-0.2, -0.15) is 10.2 Å². The van der Waals surface area contributed by atoms with Gasteiger partial charge in [-0.25, -0.2) is 4.98 Å². The van der Waals surface area contributed by atoms with Gasteiger partial charge < -0.3 is 4.74 Å². The summed E-state index contributed by atoms with van der Waals surface area (Å²) in [6.45, 7) is 8.41. The zero-order valence-electron chi connectivity index (χ0n) is 9.53. The third kappa shape index (κ3) is 2.66. The van der Waals surface area contributed by atoms with Crippen LogP contribution in [0.4, 0.5) is 0 Å². The average Bonchev–Trinajstić information content (AvgIpc) is 2.17. The fourth-order valence-electron chi connectivity index (χ4n) is 1.05. The van der Waals surface area contributed by atoms with E-state index in [2.05, 4.69) is 9.97 Å². The minimum atomic E-state index is -0.139. The molecule has 0 bridgehead atoms. The predicted octanol–water partition coefficient (Wildman–Crippen LogP) is 2.04. The molecule has 0 unspecified atom stereocenters. The highest BCUT2D eigenvalue weighted by Gasteiger charge is 2.19. The van der Waals surface area contributed by atoms with Crippen molar-refractivity contribution < 1.29 is 4.74 Å². The summed E-state index contributed by atoms with van der Waals surface area (Å²) in [5.41, 5.74) is 0.240. The fraction of sp³-hybridized carbons (Fsp3) is 0.545. The molecule has 0 saturated heterocycles. The Bertz CT molecular complexity index is 388. The Balaban J connectivity index is 3.17. The Morgan fingerprint density at radius 2 is 2.13 bits per heavy atom. The first-order chi connectivity index (χ1) is 6.99. The standard InChI is InChI=1S/C11H15N3O/c1-5-15-9-8(6-12)7-13-10(14-9)11(2,3)4/h7H,5H2,1-4H3. The summed E-state index contributed by atoms with van der Waals surface area (Å²) in [4.78, 5) is 8.40. The minimum Gasteiger partial charge on any atom is -0.477 e. The molecule has 4 heteroatoms. The van der Waals surface area contributed by atoms with Gasteiger partial charge in [0.25, 0.3) is 0 Å². The van der Waals surface area contributed by atoms with Crippen molar-refractivity contribution in [3.05, 3.63) is 17.6 Å². The quantitative estimate of drug-likeness (QED) is 0.741. The van der Waals surface area contributed by atoms with Gasteiger partial charge >= 0.3 is 0 Å². The Labute approximate surface area is 89.9 Å². The summed E-state index contributed by atoms with van der Waals surface area (Å²) in [5.74, 6) is 1.06. The zero-order valence-corrected chi connectivity index (χ0v) is 9.53. The molecule has 1 heterocycles. The molecule has 1 rings (SSSR count). The smallest absolute Gasteiger partial charge is 0.235 e. The first-order valence-electron chi connectivity index (χ1n) is 4.89. The third-order valence-electron chi connectivity index (χ3n) is 1.83. The molecular weight excluding hydrogens is 190 g/mol. The highest BCUT2D eigenvalue weighted by atomic mass is 16.5. The minimum absolute atomic E-state index is 0.139. The van der Waals surface area contributed by atoms with E-state index < -0.39 is 0 Å². The van der Waals surface area contributed by atoms with Crippen molar-refractivity contribution in [1.29, 1.82) is 5.26 Å². The monoisotopic (exact) mass is 205 g/mol. The Kier molecular flexibility index (Phi) is 3.25. The number of hydrogen-bond acceptors (Lipinski definition) is 4. The van der Waals surface area contributed by atoms with Gasteiger partial charge in [0.05, 0.1) is 12.8 Å². The summed E-state index contributed by atoms with van der Waals surface area (Å²) in [7, 11) is 0. The van der Waals surface area contributed by atoms with Crippen LogP contribution in [0.2, 0.25) is 0 Å². The van der Waals surface area contributed by atoms with E-state index in [-0.39, 0.29) is 5.41 Å². The fourth-order valence-corrected chi connectivity index (χ4v) is 1.05. The molecule has 0 aliphatic heterocycles. The molecule has 0 saturated carbocycles. The second-order valence-corrected chi connectivity index (χ2v) is 4.21. The summed E-state index contributed by atoms with van der Waals surface area (Å²) in [5, 5.41) is 8.83. The van der Waals surface area contributed by atoms with E-state index in [1.165, 1.54) is 6.20 Å². The largest absolute Gasteiger partial charge is 0.477 e. The maximum atomic E-state index is 8.83. The lowest BCUT2D eigenvalue weighted by atomic mass is 9.96. The van der Waals surface area contributed by atoms with E-state index in [1.807, 2.05) is 33.8 Å². The van der Waals surface area contributed by atoms with Crippen LogP contribution >= 0.6 is 0 Å². The summed E-state index contributed by atoms with van der Waals surface area (Å²) < 4.78 is 5.29. The molecule has 0 aliphatic carbocycles. The molecule has 0 spiro atoms. The summed E-state index contributed by atoms with van der Waals surface area (Å²) in [6, 6.07) is 2.01. The number of rotatable bonds is 2. The molecule has 0 radical (unpaired) electrons. The van der Waals surface area contributed by atoms with Crippen molar-refractivity contribution >= 4 is 0 Å². The average molecular weight is 205 g/mol. The van der Waals surface area contributed by atoms with Crippen LogP contribution in [0, 0.1) is 11.3 Å². The molecule has 15 heavy (non-hydrogen) atoms. The molecule has 1 aromatic rings. The number of ether oxygens (including phenoxy) is 1. The lowest BCUT2D eigenvalue weighted by Gasteiger charge is -2.17. The van der Waals surface area contributed by atoms with E-state index in [4.69, 9.17) is 10.00 Å². The van der Waals surface area contributed by atoms with Crippen LogP contribution in [0.5, 0.6) is 5.88 Å². The topological polar surface area (TPSA) is 58.8 Å². The van der Waals surface area contributed by atoms with Gasteiger partial charge in [-0.3, -0.25) is 0 Å². The molecule has 0 atom stereocenters. The maximum absolute atomic E-state index is 8.83. The number of hydrogen-bond donors (Lipinski definition) is 0. The molecule has 80 valence electrons. The molecule has 0 N–H and O–H groups in total. The molecule has 0 aliphatic rings. The Morgan fingerprint density at radius 1 is 1.47 bits per heavy atom. The van der Waals surface area contributed by atoms with Crippen LogP contribution in [0.1, 0.15) is 39.1 Å². The maximum Gasteiger partial charge on any atom is 0.235 e. The van der Waals surface area contributed by atoms with Crippen LogP contribution in [0.25, 0.3) is 0 Å². The van der Waals surface area contributed by atoms with E-state index in [0.717, 1.165) is 0 Å². The van der Waals surface area contributed by atoms with Gasteiger partial charge in [0.15, 0.2) is 0 Å². The number of nitriles is 1. The SMILES string of the molecule is CCOc1nc(C(C)(C)C)ncc1C#N. The van der Waals surface area contributed by atoms with Gasteiger partial charge in [0.2, 0.25) is 5.88 Å². The first kappa shape index (κ1) is 11.4. The van der Waals surface area contributed by atoms with Gasteiger partial charge in [-0.1, -0.05) is 20.8 Å². The van der Waals surface area contributed by atoms with Gasteiger partial charge in [0, 0.05) is 5.41 Å². The second-order valence-electron chi connectivity index (χ2n) is 4.21. The third-order valence-corrected chi connectivity index (χ3v) is 1.83. The Morgan fingerprint density at radius 3 is 2.60 bits per heavy atom. The summed E-state index contributed by atoms with van der Waals surface area (Å²) >= 11 is 0. The van der Waals surface area contributed by atoms with Crippen molar-refractivity contribution in [3.8, 4) is 11.9 Å². The highest BCUT2D eigenvalue weighted by molar-refractivity contribution is 5.36. The molecule has 0 fully saturated rings. The first-order valence-corrected chi connectivity index (χ1v) is 4.89. The number of nitrogens with zero attached hydrogens (tertiary/aromatic N) is 3. The summed E-state index contributed by atoms with van der Waals surface area (Å²) in [6.07, 6.45) is 1.51. The van der Waals surface area contributed by atoms with Gasteiger partial charge in [-0.15, -0.1) is 0 Å². The van der Waals surface area contributed by atoms with E-state index in [1.54, 1.807) is 0 Å². The molecule has 1 aromatic heterocycles. The zero-order chi connectivity index (χ0) is 11.5. The van der Waals surface area contributed by atoms with Crippen molar-refractivity contribution in [2.45, 2.75) is 33.1 Å². The van der Waals surface area contributed by atoms with Crippen molar-refractivity contribution in [1.82, 2.24) is 9.97 Å². The lowest BCUT2D eigenvalue weighted by Crippen LogP contribution is -2.17. The van der Waals surface area contributed by atoms with Gasteiger partial charge in [0.1, 0.15) is 17.5 Å².